The third kappa shape index (κ3) is 3.62. The van der Waals surface area contributed by atoms with Crippen LogP contribution in [0.1, 0.15) is 16.7 Å². The molecule has 0 bridgehead atoms. The Hall–Kier alpha value is -2.67. The summed E-state index contributed by atoms with van der Waals surface area (Å²) in [4.78, 5) is 8.32. The quantitative estimate of drug-likeness (QED) is 0.516. The van der Waals surface area contributed by atoms with E-state index in [0.29, 0.717) is 5.69 Å². The Balaban J connectivity index is 1.93. The fourth-order valence-corrected chi connectivity index (χ4v) is 3.23. The minimum atomic E-state index is -0.903. The molecule has 0 aliphatic rings. The van der Waals surface area contributed by atoms with Crippen LogP contribution in [0.15, 0.2) is 41.6 Å². The monoisotopic (exact) mass is 373 g/mol. The van der Waals surface area contributed by atoms with Crippen LogP contribution < -0.4 is 5.73 Å². The fourth-order valence-electron chi connectivity index (χ4n) is 2.41. The molecule has 2 aromatic carbocycles. The highest BCUT2D eigenvalue weighted by atomic mass is 32.2. The van der Waals surface area contributed by atoms with Gasteiger partial charge in [0.2, 0.25) is 5.88 Å². The molecule has 0 aliphatic heterocycles. The van der Waals surface area contributed by atoms with Crippen LogP contribution in [-0.4, -0.2) is 15.1 Å². The molecule has 0 spiro atoms. The first-order valence-corrected chi connectivity index (χ1v) is 8.85. The van der Waals surface area contributed by atoms with Gasteiger partial charge in [-0.05, 0) is 37.1 Å². The largest absolute Gasteiger partial charge is 0.492 e. The fraction of sp³-hybridized carbons (Fsp3) is 0.158. The zero-order valence-corrected chi connectivity index (χ0v) is 15.1. The van der Waals surface area contributed by atoms with E-state index in [-0.39, 0.29) is 28.0 Å². The summed E-state index contributed by atoms with van der Waals surface area (Å²) < 4.78 is 27.1. The lowest BCUT2D eigenvalue weighted by atomic mass is 10.0. The van der Waals surface area contributed by atoms with E-state index in [0.717, 1.165) is 34.5 Å². The topological polar surface area (TPSA) is 72.0 Å². The van der Waals surface area contributed by atoms with E-state index < -0.39 is 11.6 Å². The lowest BCUT2D eigenvalue weighted by molar-refractivity contribution is 0.449. The second-order valence-corrected chi connectivity index (χ2v) is 6.84. The van der Waals surface area contributed by atoms with Gasteiger partial charge in [0.05, 0.1) is 0 Å². The van der Waals surface area contributed by atoms with E-state index in [1.165, 1.54) is 12.1 Å². The molecule has 4 nitrogen and oxygen atoms in total. The Morgan fingerprint density at radius 3 is 2.58 bits per heavy atom. The van der Waals surface area contributed by atoms with Crippen LogP contribution in [-0.2, 0) is 5.75 Å². The van der Waals surface area contributed by atoms with Gasteiger partial charge in [-0.25, -0.2) is 13.8 Å². The van der Waals surface area contributed by atoms with Gasteiger partial charge in [-0.15, -0.1) is 0 Å². The van der Waals surface area contributed by atoms with Crippen molar-refractivity contribution in [3.63, 3.8) is 0 Å². The Bertz CT molecular complexity index is 979. The minimum Gasteiger partial charge on any atom is -0.492 e. The van der Waals surface area contributed by atoms with Gasteiger partial charge in [-0.1, -0.05) is 36.0 Å². The summed E-state index contributed by atoms with van der Waals surface area (Å²) in [6.45, 7) is 3.97. The van der Waals surface area contributed by atoms with Crippen molar-refractivity contribution in [2.75, 3.05) is 5.73 Å². The Morgan fingerprint density at radius 1 is 1.08 bits per heavy atom. The summed E-state index contributed by atoms with van der Waals surface area (Å²) in [5.41, 5.74) is 9.55. The molecule has 0 amide bonds. The van der Waals surface area contributed by atoms with Crippen molar-refractivity contribution in [2.24, 2.45) is 0 Å². The molecule has 0 fully saturated rings. The SMILES string of the molecule is Cc1ccc(-c2nc(SCc3cccc(F)c3F)nc(O)c2N)cc1C. The molecule has 3 N–H and O–H groups in total. The zero-order chi connectivity index (χ0) is 18.8. The highest BCUT2D eigenvalue weighted by Crippen LogP contribution is 2.33. The van der Waals surface area contributed by atoms with Gasteiger partial charge < -0.3 is 10.8 Å². The van der Waals surface area contributed by atoms with Gasteiger partial charge in [-0.2, -0.15) is 4.98 Å². The molecule has 26 heavy (non-hydrogen) atoms. The van der Waals surface area contributed by atoms with Gasteiger partial charge in [0.15, 0.2) is 16.8 Å². The number of nitrogens with zero attached hydrogens (tertiary/aromatic N) is 2. The van der Waals surface area contributed by atoms with Crippen molar-refractivity contribution in [1.82, 2.24) is 9.97 Å². The molecule has 0 saturated carbocycles. The summed E-state index contributed by atoms with van der Waals surface area (Å²) in [7, 11) is 0. The van der Waals surface area contributed by atoms with E-state index in [4.69, 9.17) is 5.73 Å². The van der Waals surface area contributed by atoms with Crippen LogP contribution in [0.25, 0.3) is 11.3 Å². The number of benzene rings is 2. The number of nitrogen functional groups attached to an aromatic ring is 1. The minimum absolute atomic E-state index is 0.0783. The number of anilines is 1. The van der Waals surface area contributed by atoms with E-state index in [2.05, 4.69) is 9.97 Å². The lowest BCUT2D eigenvalue weighted by Crippen LogP contribution is -2.00. The number of aromatic nitrogens is 2. The molecular formula is C19H17F2N3OS. The first kappa shape index (κ1) is 18.1. The average molecular weight is 373 g/mol. The van der Waals surface area contributed by atoms with E-state index in [9.17, 15) is 13.9 Å². The predicted octanol–water partition coefficient (Wildman–Crippen LogP) is 4.62. The smallest absolute Gasteiger partial charge is 0.239 e. The molecule has 0 radical (unpaired) electrons. The van der Waals surface area contributed by atoms with Gasteiger partial charge in [0, 0.05) is 16.9 Å². The van der Waals surface area contributed by atoms with Crippen LogP contribution in [0, 0.1) is 25.5 Å². The lowest BCUT2D eigenvalue weighted by Gasteiger charge is -2.11. The summed E-state index contributed by atoms with van der Waals surface area (Å²) in [5.74, 6) is -2.01. The number of aryl methyl sites for hydroxylation is 2. The molecule has 0 aliphatic carbocycles. The molecule has 0 saturated heterocycles. The third-order valence-corrected chi connectivity index (χ3v) is 4.97. The van der Waals surface area contributed by atoms with Gasteiger partial charge in [0.1, 0.15) is 11.4 Å². The molecule has 1 heterocycles. The van der Waals surface area contributed by atoms with Gasteiger partial charge in [-0.3, -0.25) is 0 Å². The number of thioether (sulfide) groups is 1. The summed E-state index contributed by atoms with van der Waals surface area (Å²) in [6.07, 6.45) is 0. The van der Waals surface area contributed by atoms with Crippen LogP contribution >= 0.6 is 11.8 Å². The predicted molar refractivity (Wildman–Crippen MR) is 98.9 cm³/mol. The number of aromatic hydroxyl groups is 1. The zero-order valence-electron chi connectivity index (χ0n) is 14.3. The van der Waals surface area contributed by atoms with Crippen molar-refractivity contribution in [3.05, 3.63) is 64.7 Å². The first-order valence-electron chi connectivity index (χ1n) is 7.86. The summed E-state index contributed by atoms with van der Waals surface area (Å²) in [5, 5.41) is 10.3. The maximum absolute atomic E-state index is 13.8. The van der Waals surface area contributed by atoms with Crippen molar-refractivity contribution in [3.8, 4) is 17.1 Å². The molecule has 7 heteroatoms. The van der Waals surface area contributed by atoms with E-state index >= 15 is 0 Å². The van der Waals surface area contributed by atoms with Crippen LogP contribution in [0.5, 0.6) is 5.88 Å². The van der Waals surface area contributed by atoms with Crippen molar-refractivity contribution >= 4 is 17.4 Å². The molecule has 1 aromatic heterocycles. The second-order valence-electron chi connectivity index (χ2n) is 5.89. The van der Waals surface area contributed by atoms with Crippen LogP contribution in [0.3, 0.4) is 0 Å². The highest BCUT2D eigenvalue weighted by Gasteiger charge is 2.15. The van der Waals surface area contributed by atoms with Crippen molar-refractivity contribution < 1.29 is 13.9 Å². The van der Waals surface area contributed by atoms with Crippen molar-refractivity contribution in [1.29, 1.82) is 0 Å². The standard InChI is InChI=1S/C19H17F2N3OS/c1-10-6-7-12(8-11(10)2)17-16(22)18(25)24-19(23-17)26-9-13-4-3-5-14(20)15(13)21/h3-8H,9,22H2,1-2H3,(H,23,24,25). The van der Waals surface area contributed by atoms with E-state index in [1.807, 2.05) is 32.0 Å². The van der Waals surface area contributed by atoms with Crippen LogP contribution in [0.2, 0.25) is 0 Å². The van der Waals surface area contributed by atoms with Crippen LogP contribution in [0.4, 0.5) is 14.5 Å². The number of hydrogen-bond donors (Lipinski definition) is 2. The number of rotatable bonds is 4. The molecule has 0 unspecified atom stereocenters. The third-order valence-electron chi connectivity index (χ3n) is 4.07. The molecule has 134 valence electrons. The highest BCUT2D eigenvalue weighted by molar-refractivity contribution is 7.98. The molecule has 3 rings (SSSR count). The number of nitrogens with two attached hydrogens (primary N) is 1. The van der Waals surface area contributed by atoms with Gasteiger partial charge >= 0.3 is 0 Å². The maximum atomic E-state index is 13.8. The van der Waals surface area contributed by atoms with E-state index in [1.54, 1.807) is 0 Å². The molecule has 3 aromatic rings. The molecule has 0 atom stereocenters. The average Bonchev–Trinajstić information content (AvgIpc) is 2.61. The van der Waals surface area contributed by atoms with Gasteiger partial charge in [0.25, 0.3) is 0 Å². The maximum Gasteiger partial charge on any atom is 0.239 e. The first-order chi connectivity index (χ1) is 12.4. The Labute approximate surface area is 154 Å². The Morgan fingerprint density at radius 2 is 1.85 bits per heavy atom. The Kier molecular flexibility index (Phi) is 5.08. The summed E-state index contributed by atoms with van der Waals surface area (Å²) >= 11 is 1.09. The number of hydrogen-bond acceptors (Lipinski definition) is 5. The molecular weight excluding hydrogens is 356 g/mol. The second kappa shape index (κ2) is 7.29. The van der Waals surface area contributed by atoms with Crippen molar-refractivity contribution in [2.45, 2.75) is 24.8 Å². The number of halogens is 2. The summed E-state index contributed by atoms with van der Waals surface area (Å²) in [6, 6.07) is 9.73. The normalized spacial score (nSPS) is 10.9.